The molecule has 1 atom stereocenters. The number of aromatic nitrogens is 2. The molecule has 1 aromatic carbocycles. The summed E-state index contributed by atoms with van der Waals surface area (Å²) in [5.41, 5.74) is 1.93. The van der Waals surface area contributed by atoms with Crippen LogP contribution in [0, 0.1) is 5.82 Å². The minimum Gasteiger partial charge on any atom is -0.460 e. The highest BCUT2D eigenvalue weighted by atomic mass is 19.1. The summed E-state index contributed by atoms with van der Waals surface area (Å²) in [6.45, 7) is 0.900. The molecule has 1 amide bonds. The van der Waals surface area contributed by atoms with Crippen LogP contribution < -0.4 is 10.2 Å². The molecule has 7 nitrogen and oxygen atoms in total. The van der Waals surface area contributed by atoms with Gasteiger partial charge in [-0.05, 0) is 61.7 Å². The number of pyridine rings is 2. The Hall–Kier alpha value is -3.81. The van der Waals surface area contributed by atoms with Crippen LogP contribution >= 0.6 is 0 Å². The van der Waals surface area contributed by atoms with E-state index in [-0.39, 0.29) is 18.6 Å². The Balaban J connectivity index is 1.52. The summed E-state index contributed by atoms with van der Waals surface area (Å²) in [6, 6.07) is 10.6. The molecular formula is C24H23FN4O3. The number of halogens is 1. The van der Waals surface area contributed by atoms with Gasteiger partial charge in [0.05, 0.1) is 23.0 Å². The third kappa shape index (κ3) is 5.08. The molecule has 0 radical (unpaired) electrons. The van der Waals surface area contributed by atoms with Gasteiger partial charge in [0.2, 0.25) is 0 Å². The van der Waals surface area contributed by atoms with Crippen molar-refractivity contribution < 1.29 is 18.7 Å². The Morgan fingerprint density at radius 2 is 1.69 bits per heavy atom. The van der Waals surface area contributed by atoms with Crippen molar-refractivity contribution in [3.05, 3.63) is 84.2 Å². The second-order valence-corrected chi connectivity index (χ2v) is 7.53. The van der Waals surface area contributed by atoms with E-state index in [0.29, 0.717) is 29.0 Å². The predicted octanol–water partition coefficient (Wildman–Crippen LogP) is 4.08. The van der Waals surface area contributed by atoms with Crippen molar-refractivity contribution in [2.75, 3.05) is 23.4 Å². The number of anilines is 2. The van der Waals surface area contributed by atoms with E-state index in [9.17, 15) is 14.0 Å². The van der Waals surface area contributed by atoms with Crippen molar-refractivity contribution in [1.82, 2.24) is 9.97 Å². The third-order valence-corrected chi connectivity index (χ3v) is 5.41. The Morgan fingerprint density at radius 1 is 1.00 bits per heavy atom. The zero-order valence-corrected chi connectivity index (χ0v) is 17.4. The number of hydrogen-bond donors (Lipinski definition) is 1. The maximum atomic E-state index is 14.1. The van der Waals surface area contributed by atoms with Gasteiger partial charge in [-0.3, -0.25) is 14.8 Å². The average Bonchev–Trinajstić information content (AvgIpc) is 2.84. The molecule has 1 aliphatic heterocycles. The van der Waals surface area contributed by atoms with Crippen LogP contribution in [-0.4, -0.2) is 41.0 Å². The molecule has 1 fully saturated rings. The van der Waals surface area contributed by atoms with Crippen LogP contribution in [-0.2, 0) is 4.74 Å². The third-order valence-electron chi connectivity index (χ3n) is 5.41. The minimum atomic E-state index is -0.448. The molecule has 0 spiro atoms. The molecule has 4 rings (SSSR count). The summed E-state index contributed by atoms with van der Waals surface area (Å²) in [4.78, 5) is 34.9. The molecular weight excluding hydrogens is 411 g/mol. The van der Waals surface area contributed by atoms with Crippen molar-refractivity contribution in [2.24, 2.45) is 0 Å². The fourth-order valence-corrected chi connectivity index (χ4v) is 3.79. The summed E-state index contributed by atoms with van der Waals surface area (Å²) in [5.74, 6) is -1.21. The van der Waals surface area contributed by atoms with E-state index < -0.39 is 11.8 Å². The molecule has 1 aliphatic rings. The van der Waals surface area contributed by atoms with Crippen molar-refractivity contribution in [3.8, 4) is 0 Å². The monoisotopic (exact) mass is 434 g/mol. The summed E-state index contributed by atoms with van der Waals surface area (Å²) in [6.07, 6.45) is 8.90. The maximum absolute atomic E-state index is 14.1. The fraction of sp³-hybridized carbons (Fsp3) is 0.250. The standard InChI is InChI=1S/C24H23FN4O3/c25-19-4-5-22(21(15-19)28-23(30)17-6-10-26-11-7-17)29-14-2-1-3-20(29)16-32-24(31)18-8-12-27-13-9-18/h4-13,15,20H,1-3,14,16H2,(H,28,30). The highest BCUT2D eigenvalue weighted by molar-refractivity contribution is 6.05. The lowest BCUT2D eigenvalue weighted by atomic mass is 10.0. The molecule has 1 unspecified atom stereocenters. The molecule has 1 saturated heterocycles. The summed E-state index contributed by atoms with van der Waals surface area (Å²) in [7, 11) is 0. The van der Waals surface area contributed by atoms with E-state index in [1.807, 2.05) is 0 Å². The van der Waals surface area contributed by atoms with Gasteiger partial charge in [-0.25, -0.2) is 9.18 Å². The molecule has 164 valence electrons. The van der Waals surface area contributed by atoms with Crippen molar-refractivity contribution in [3.63, 3.8) is 0 Å². The van der Waals surface area contributed by atoms with Crippen LogP contribution in [0.3, 0.4) is 0 Å². The molecule has 3 heterocycles. The maximum Gasteiger partial charge on any atom is 0.338 e. The van der Waals surface area contributed by atoms with Crippen molar-refractivity contribution >= 4 is 23.3 Å². The van der Waals surface area contributed by atoms with Crippen LogP contribution in [0.4, 0.5) is 15.8 Å². The number of nitrogens with one attached hydrogen (secondary N) is 1. The first-order chi connectivity index (χ1) is 15.6. The number of benzene rings is 1. The molecule has 1 N–H and O–H groups in total. The quantitative estimate of drug-likeness (QED) is 0.589. The fourth-order valence-electron chi connectivity index (χ4n) is 3.79. The Labute approximate surface area is 185 Å². The molecule has 2 aromatic heterocycles. The number of nitrogens with zero attached hydrogens (tertiary/aromatic N) is 3. The largest absolute Gasteiger partial charge is 0.460 e. The Morgan fingerprint density at radius 3 is 2.41 bits per heavy atom. The Kier molecular flexibility index (Phi) is 6.69. The van der Waals surface area contributed by atoms with Crippen molar-refractivity contribution in [2.45, 2.75) is 25.3 Å². The Bertz CT molecular complexity index is 1080. The SMILES string of the molecule is O=C(Nc1cc(F)ccc1N1CCCCC1COC(=O)c1ccncc1)c1ccncc1. The number of piperidine rings is 1. The lowest BCUT2D eigenvalue weighted by Crippen LogP contribution is -2.43. The van der Waals surface area contributed by atoms with Gasteiger partial charge in [0, 0.05) is 36.9 Å². The van der Waals surface area contributed by atoms with E-state index in [1.165, 1.54) is 24.5 Å². The van der Waals surface area contributed by atoms with Crippen LogP contribution in [0.2, 0.25) is 0 Å². The van der Waals surface area contributed by atoms with Gasteiger partial charge >= 0.3 is 5.97 Å². The second-order valence-electron chi connectivity index (χ2n) is 7.53. The van der Waals surface area contributed by atoms with Gasteiger partial charge in [-0.15, -0.1) is 0 Å². The normalized spacial score (nSPS) is 15.8. The van der Waals surface area contributed by atoms with Gasteiger partial charge in [0.25, 0.3) is 5.91 Å². The molecule has 3 aromatic rings. The number of carbonyl (C=O) groups is 2. The first-order valence-corrected chi connectivity index (χ1v) is 10.5. The molecule has 0 aliphatic carbocycles. The van der Waals surface area contributed by atoms with Crippen LogP contribution in [0.5, 0.6) is 0 Å². The van der Waals surface area contributed by atoms with Crippen molar-refractivity contribution in [1.29, 1.82) is 0 Å². The van der Waals surface area contributed by atoms with Gasteiger partial charge in [-0.2, -0.15) is 0 Å². The highest BCUT2D eigenvalue weighted by Crippen LogP contribution is 2.32. The number of amides is 1. The number of hydrogen-bond acceptors (Lipinski definition) is 6. The summed E-state index contributed by atoms with van der Waals surface area (Å²) < 4.78 is 19.6. The average molecular weight is 434 g/mol. The van der Waals surface area contributed by atoms with Crippen LogP contribution in [0.15, 0.2) is 67.3 Å². The molecule has 0 saturated carbocycles. The molecule has 8 heteroatoms. The topological polar surface area (TPSA) is 84.4 Å². The van der Waals surface area contributed by atoms with Gasteiger partial charge in [-0.1, -0.05) is 0 Å². The minimum absolute atomic E-state index is 0.0865. The summed E-state index contributed by atoms with van der Waals surface area (Å²) >= 11 is 0. The first kappa shape index (κ1) is 21.4. The van der Waals surface area contributed by atoms with E-state index >= 15 is 0 Å². The predicted molar refractivity (Wildman–Crippen MR) is 118 cm³/mol. The van der Waals surface area contributed by atoms with Crippen LogP contribution in [0.25, 0.3) is 0 Å². The van der Waals surface area contributed by atoms with Gasteiger partial charge in [0.15, 0.2) is 0 Å². The lowest BCUT2D eigenvalue weighted by molar-refractivity contribution is 0.0467. The number of ether oxygens (including phenoxy) is 1. The van der Waals surface area contributed by atoms with Gasteiger partial charge in [0.1, 0.15) is 12.4 Å². The van der Waals surface area contributed by atoms with E-state index in [1.54, 1.807) is 42.7 Å². The zero-order valence-electron chi connectivity index (χ0n) is 17.4. The van der Waals surface area contributed by atoms with Crippen LogP contribution in [0.1, 0.15) is 40.0 Å². The van der Waals surface area contributed by atoms with E-state index in [4.69, 9.17) is 4.74 Å². The highest BCUT2D eigenvalue weighted by Gasteiger charge is 2.27. The first-order valence-electron chi connectivity index (χ1n) is 10.5. The number of esters is 1. The van der Waals surface area contributed by atoms with Gasteiger partial charge < -0.3 is 15.0 Å². The molecule has 0 bridgehead atoms. The zero-order chi connectivity index (χ0) is 22.3. The second kappa shape index (κ2) is 10.00. The smallest absolute Gasteiger partial charge is 0.338 e. The number of rotatable bonds is 6. The van der Waals surface area contributed by atoms with E-state index in [2.05, 4.69) is 20.2 Å². The number of carbonyl (C=O) groups excluding carboxylic acids is 2. The molecule has 32 heavy (non-hydrogen) atoms. The summed E-state index contributed by atoms with van der Waals surface area (Å²) in [5, 5.41) is 2.81. The lowest BCUT2D eigenvalue weighted by Gasteiger charge is -2.38. The van der Waals surface area contributed by atoms with E-state index in [0.717, 1.165) is 19.3 Å².